The van der Waals surface area contributed by atoms with Crippen molar-refractivity contribution in [3.63, 3.8) is 0 Å². The zero-order valence-electron chi connectivity index (χ0n) is 16.2. The lowest BCUT2D eigenvalue weighted by Crippen LogP contribution is -2.39. The van der Waals surface area contributed by atoms with Gasteiger partial charge >= 0.3 is 6.18 Å². The second-order valence-electron chi connectivity index (χ2n) is 6.12. The molecule has 2 rings (SSSR count). The number of aliphatic imine (C=N–C) groups is 1. The van der Waals surface area contributed by atoms with Crippen LogP contribution in [0.15, 0.2) is 53.5 Å². The lowest BCUT2D eigenvalue weighted by atomic mass is 10.0. The first kappa shape index (κ1) is 25.0. The number of benzene rings is 2. The van der Waals surface area contributed by atoms with Gasteiger partial charge < -0.3 is 20.5 Å². The Bertz CT molecular complexity index is 786. The molecule has 0 bridgehead atoms. The van der Waals surface area contributed by atoms with Gasteiger partial charge in [-0.15, -0.1) is 24.0 Å². The topological polar surface area (TPSA) is 65.9 Å². The van der Waals surface area contributed by atoms with Crippen molar-refractivity contribution in [1.29, 1.82) is 0 Å². The van der Waals surface area contributed by atoms with Gasteiger partial charge in [-0.25, -0.2) is 0 Å². The molecule has 0 aliphatic rings. The normalized spacial score (nSPS) is 12.7. The van der Waals surface area contributed by atoms with Crippen LogP contribution in [0.25, 0.3) is 0 Å². The molecule has 0 heterocycles. The zero-order chi connectivity index (χ0) is 20.6. The van der Waals surface area contributed by atoms with E-state index in [4.69, 9.17) is 4.74 Å². The number of hydrogen-bond donors (Lipinski definition) is 3. The third-order valence-electron chi connectivity index (χ3n) is 4.30. The van der Waals surface area contributed by atoms with Crippen LogP contribution in [0.2, 0.25) is 0 Å². The average Bonchev–Trinajstić information content (AvgIpc) is 2.70. The monoisotopic (exact) mass is 523 g/mol. The van der Waals surface area contributed by atoms with Gasteiger partial charge in [-0.3, -0.25) is 4.99 Å². The number of nitrogens with one attached hydrogen (secondary N) is 2. The number of methoxy groups -OCH3 is 1. The van der Waals surface area contributed by atoms with E-state index >= 15 is 0 Å². The van der Waals surface area contributed by atoms with Gasteiger partial charge in [0, 0.05) is 26.1 Å². The predicted octanol–water partition coefficient (Wildman–Crippen LogP) is 3.77. The number of hydrogen-bond acceptors (Lipinski definition) is 3. The molecule has 160 valence electrons. The molecule has 0 amide bonds. The number of aliphatic hydroxyl groups is 1. The van der Waals surface area contributed by atoms with Crippen LogP contribution in [0.3, 0.4) is 0 Å². The Morgan fingerprint density at radius 1 is 1.14 bits per heavy atom. The molecule has 9 heteroatoms. The third-order valence-corrected chi connectivity index (χ3v) is 4.30. The molecule has 0 aromatic heterocycles. The van der Waals surface area contributed by atoms with Crippen LogP contribution in [0.5, 0.6) is 5.75 Å². The van der Waals surface area contributed by atoms with Crippen molar-refractivity contribution in [3.8, 4) is 5.75 Å². The molecular weight excluding hydrogens is 498 g/mol. The third kappa shape index (κ3) is 7.39. The Kier molecular flexibility index (Phi) is 10.2. The van der Waals surface area contributed by atoms with Gasteiger partial charge in [0.2, 0.25) is 0 Å². The molecule has 2 aromatic carbocycles. The molecule has 3 N–H and O–H groups in total. The summed E-state index contributed by atoms with van der Waals surface area (Å²) in [7, 11) is 2.86. The van der Waals surface area contributed by atoms with Gasteiger partial charge in [-0.1, -0.05) is 36.4 Å². The number of aliphatic hydroxyl groups excluding tert-OH is 1. The maximum atomic E-state index is 13.3. The van der Waals surface area contributed by atoms with Gasteiger partial charge in [0.05, 0.1) is 19.3 Å². The van der Waals surface area contributed by atoms with Gasteiger partial charge in [-0.2, -0.15) is 13.2 Å². The van der Waals surface area contributed by atoms with E-state index in [1.54, 1.807) is 0 Å². The summed E-state index contributed by atoms with van der Waals surface area (Å²) in [5, 5.41) is 15.5. The summed E-state index contributed by atoms with van der Waals surface area (Å²) in [6.45, 7) is 0.257. The summed E-state index contributed by atoms with van der Waals surface area (Å²) in [5.41, 5.74) is 0.285. The molecule has 0 saturated carbocycles. The van der Waals surface area contributed by atoms with E-state index in [9.17, 15) is 18.3 Å². The summed E-state index contributed by atoms with van der Waals surface area (Å²) in [6.07, 6.45) is -4.49. The van der Waals surface area contributed by atoms with Gasteiger partial charge in [0.25, 0.3) is 0 Å². The molecule has 2 aromatic rings. The van der Waals surface area contributed by atoms with E-state index in [-0.39, 0.29) is 54.4 Å². The van der Waals surface area contributed by atoms with E-state index in [1.807, 2.05) is 30.3 Å². The molecule has 1 unspecified atom stereocenters. The Morgan fingerprint density at radius 3 is 2.38 bits per heavy atom. The Hall–Kier alpha value is -2.01. The second kappa shape index (κ2) is 11.9. The fourth-order valence-electron chi connectivity index (χ4n) is 2.73. The summed E-state index contributed by atoms with van der Waals surface area (Å²) in [4.78, 5) is 4.04. The molecule has 5 nitrogen and oxygen atoms in total. The first-order valence-corrected chi connectivity index (χ1v) is 8.73. The SMILES string of the molecule is CN=C(NCc1ccc(OC)cc1C(F)(F)F)NCC(CO)c1ccccc1.I. The average molecular weight is 523 g/mol. The number of guanidine groups is 1. The first-order valence-electron chi connectivity index (χ1n) is 8.73. The highest BCUT2D eigenvalue weighted by molar-refractivity contribution is 14.0. The maximum absolute atomic E-state index is 13.3. The molecule has 1 atom stereocenters. The van der Waals surface area contributed by atoms with Crippen LogP contribution in [-0.2, 0) is 12.7 Å². The second-order valence-corrected chi connectivity index (χ2v) is 6.12. The van der Waals surface area contributed by atoms with Gasteiger partial charge in [0.15, 0.2) is 5.96 Å². The molecule has 0 spiro atoms. The van der Waals surface area contributed by atoms with Crippen molar-refractivity contribution in [2.24, 2.45) is 4.99 Å². The number of halogens is 4. The highest BCUT2D eigenvalue weighted by atomic mass is 127. The predicted molar refractivity (Wildman–Crippen MR) is 118 cm³/mol. The van der Waals surface area contributed by atoms with E-state index in [0.717, 1.165) is 11.6 Å². The van der Waals surface area contributed by atoms with Crippen molar-refractivity contribution in [1.82, 2.24) is 10.6 Å². The Labute approximate surface area is 185 Å². The van der Waals surface area contributed by atoms with E-state index in [0.29, 0.717) is 12.5 Å². The Morgan fingerprint density at radius 2 is 1.83 bits per heavy atom. The highest BCUT2D eigenvalue weighted by Gasteiger charge is 2.33. The lowest BCUT2D eigenvalue weighted by Gasteiger charge is -2.19. The summed E-state index contributed by atoms with van der Waals surface area (Å²) in [6, 6.07) is 13.3. The smallest absolute Gasteiger partial charge is 0.416 e. The quantitative estimate of drug-likeness (QED) is 0.294. The molecule has 0 fully saturated rings. The number of rotatable bonds is 7. The largest absolute Gasteiger partial charge is 0.497 e. The van der Waals surface area contributed by atoms with Crippen LogP contribution < -0.4 is 15.4 Å². The summed E-state index contributed by atoms with van der Waals surface area (Å²) >= 11 is 0. The van der Waals surface area contributed by atoms with Crippen molar-refractivity contribution in [3.05, 3.63) is 65.2 Å². The van der Waals surface area contributed by atoms with Crippen LogP contribution in [0.4, 0.5) is 13.2 Å². The molecule has 0 aliphatic heterocycles. The zero-order valence-corrected chi connectivity index (χ0v) is 18.5. The molecule has 29 heavy (non-hydrogen) atoms. The minimum Gasteiger partial charge on any atom is -0.497 e. The Balaban J connectivity index is 0.00000420. The number of ether oxygens (including phenoxy) is 1. The van der Waals surface area contributed by atoms with Crippen molar-refractivity contribution in [2.45, 2.75) is 18.6 Å². The molecule has 0 radical (unpaired) electrons. The molecule has 0 saturated heterocycles. The van der Waals surface area contributed by atoms with Crippen LogP contribution >= 0.6 is 24.0 Å². The van der Waals surface area contributed by atoms with Crippen molar-refractivity contribution in [2.75, 3.05) is 27.3 Å². The van der Waals surface area contributed by atoms with Gasteiger partial charge in [-0.05, 0) is 23.3 Å². The van der Waals surface area contributed by atoms with Crippen LogP contribution in [0.1, 0.15) is 22.6 Å². The van der Waals surface area contributed by atoms with Crippen LogP contribution in [0, 0.1) is 0 Å². The first-order chi connectivity index (χ1) is 13.4. The lowest BCUT2D eigenvalue weighted by molar-refractivity contribution is -0.138. The van der Waals surface area contributed by atoms with Crippen molar-refractivity contribution < 1.29 is 23.0 Å². The van der Waals surface area contributed by atoms with E-state index < -0.39 is 11.7 Å². The van der Waals surface area contributed by atoms with E-state index in [1.165, 1.54) is 26.3 Å². The standard InChI is InChI=1S/C20H24F3N3O2.HI/c1-24-19(26-12-16(13-27)14-6-4-3-5-7-14)25-11-15-8-9-17(28-2)10-18(15)20(21,22)23;/h3-10,16,27H,11-13H2,1-2H3,(H2,24,25,26);1H. The fourth-order valence-corrected chi connectivity index (χ4v) is 2.73. The maximum Gasteiger partial charge on any atom is 0.416 e. The minimum atomic E-state index is -4.49. The van der Waals surface area contributed by atoms with E-state index in [2.05, 4.69) is 15.6 Å². The fraction of sp³-hybridized carbons (Fsp3) is 0.350. The van der Waals surface area contributed by atoms with Crippen molar-refractivity contribution >= 4 is 29.9 Å². The molecule has 0 aliphatic carbocycles. The molecular formula is C20H25F3IN3O2. The summed E-state index contributed by atoms with van der Waals surface area (Å²) < 4.78 is 44.8. The van der Waals surface area contributed by atoms with Gasteiger partial charge in [0.1, 0.15) is 5.75 Å². The minimum absolute atomic E-state index is 0. The van der Waals surface area contributed by atoms with Crippen LogP contribution in [-0.4, -0.2) is 38.4 Å². The summed E-state index contributed by atoms with van der Waals surface area (Å²) in [5.74, 6) is 0.331. The highest BCUT2D eigenvalue weighted by Crippen LogP contribution is 2.34. The number of nitrogens with zero attached hydrogens (tertiary/aromatic N) is 1. The number of alkyl halides is 3.